The highest BCUT2D eigenvalue weighted by molar-refractivity contribution is 9.10. The summed E-state index contributed by atoms with van der Waals surface area (Å²) in [6.45, 7) is 0. The van der Waals surface area contributed by atoms with Crippen LogP contribution in [0.4, 0.5) is 17.2 Å². The van der Waals surface area contributed by atoms with E-state index in [-0.39, 0.29) is 0 Å². The van der Waals surface area contributed by atoms with Crippen molar-refractivity contribution >= 4 is 56.3 Å². The highest BCUT2D eigenvalue weighted by atomic mass is 79.9. The molecule has 3 N–H and O–H groups in total. The van der Waals surface area contributed by atoms with Gasteiger partial charge in [-0.05, 0) is 40.2 Å². The van der Waals surface area contributed by atoms with Crippen LogP contribution in [0.1, 0.15) is 0 Å². The zero-order chi connectivity index (χ0) is 12.4. The Morgan fingerprint density at radius 1 is 1.24 bits per heavy atom. The molecule has 88 valence electrons. The van der Waals surface area contributed by atoms with E-state index in [2.05, 4.69) is 26.2 Å². The van der Waals surface area contributed by atoms with E-state index in [0.717, 1.165) is 4.47 Å². The molecule has 0 saturated heterocycles. The fraction of sp³-hybridized carbons (Fsp3) is 0. The smallest absolute Gasteiger partial charge is 0.144 e. The van der Waals surface area contributed by atoms with Crippen LogP contribution in [-0.2, 0) is 0 Å². The van der Waals surface area contributed by atoms with Gasteiger partial charge in [0.15, 0.2) is 0 Å². The molecule has 3 nitrogen and oxygen atoms in total. The van der Waals surface area contributed by atoms with E-state index in [1.54, 1.807) is 30.5 Å². The van der Waals surface area contributed by atoms with E-state index in [1.807, 2.05) is 0 Å². The largest absolute Gasteiger partial charge is 0.399 e. The molecular weight excluding hydrogens is 325 g/mol. The van der Waals surface area contributed by atoms with Crippen LogP contribution in [0.3, 0.4) is 0 Å². The highest BCUT2D eigenvalue weighted by Crippen LogP contribution is 2.30. The Morgan fingerprint density at radius 2 is 2.00 bits per heavy atom. The van der Waals surface area contributed by atoms with Crippen LogP contribution in [0.25, 0.3) is 0 Å². The Hall–Kier alpha value is -0.970. The van der Waals surface area contributed by atoms with E-state index in [9.17, 15) is 0 Å². The number of rotatable bonds is 2. The molecule has 0 atom stereocenters. The van der Waals surface area contributed by atoms with Crippen LogP contribution >= 0.6 is 39.1 Å². The molecule has 0 radical (unpaired) electrons. The fourth-order valence-electron chi connectivity index (χ4n) is 1.27. The minimum Gasteiger partial charge on any atom is -0.399 e. The molecule has 2 rings (SSSR count). The monoisotopic (exact) mass is 331 g/mol. The quantitative estimate of drug-likeness (QED) is 0.797. The summed E-state index contributed by atoms with van der Waals surface area (Å²) < 4.78 is 0.753. The molecule has 17 heavy (non-hydrogen) atoms. The summed E-state index contributed by atoms with van der Waals surface area (Å²) in [5, 5.41) is 4.21. The molecular formula is C11H8BrCl2N3. The Balaban J connectivity index is 2.34. The van der Waals surface area contributed by atoms with Crippen molar-refractivity contribution in [2.45, 2.75) is 0 Å². The van der Waals surface area contributed by atoms with Gasteiger partial charge in [-0.1, -0.05) is 23.2 Å². The Morgan fingerprint density at radius 3 is 2.71 bits per heavy atom. The maximum Gasteiger partial charge on any atom is 0.144 e. The lowest BCUT2D eigenvalue weighted by Gasteiger charge is -2.10. The summed E-state index contributed by atoms with van der Waals surface area (Å²) in [5.41, 5.74) is 7.01. The van der Waals surface area contributed by atoms with Crippen LogP contribution in [0.2, 0.25) is 10.0 Å². The zero-order valence-electron chi connectivity index (χ0n) is 8.55. The number of nitrogen functional groups attached to an aromatic ring is 1. The first-order valence-electron chi connectivity index (χ1n) is 4.69. The van der Waals surface area contributed by atoms with E-state index < -0.39 is 0 Å². The lowest BCUT2D eigenvalue weighted by molar-refractivity contribution is 1.29. The third-order valence-electron chi connectivity index (χ3n) is 2.05. The number of nitrogens with zero attached hydrogens (tertiary/aromatic N) is 1. The van der Waals surface area contributed by atoms with Gasteiger partial charge < -0.3 is 11.1 Å². The van der Waals surface area contributed by atoms with Gasteiger partial charge in [0.1, 0.15) is 5.82 Å². The molecule has 0 saturated carbocycles. The van der Waals surface area contributed by atoms with Crippen molar-refractivity contribution in [1.82, 2.24) is 4.98 Å². The fourth-order valence-corrected chi connectivity index (χ4v) is 2.18. The van der Waals surface area contributed by atoms with Crippen LogP contribution < -0.4 is 11.1 Å². The molecule has 0 fully saturated rings. The van der Waals surface area contributed by atoms with Gasteiger partial charge in [0.2, 0.25) is 0 Å². The maximum absolute atomic E-state index is 6.04. The molecule has 0 amide bonds. The van der Waals surface area contributed by atoms with Gasteiger partial charge in [-0.2, -0.15) is 0 Å². The number of nitrogens with two attached hydrogens (primary N) is 1. The van der Waals surface area contributed by atoms with Crippen molar-refractivity contribution in [3.63, 3.8) is 0 Å². The van der Waals surface area contributed by atoms with Crippen molar-refractivity contribution < 1.29 is 0 Å². The van der Waals surface area contributed by atoms with Gasteiger partial charge >= 0.3 is 0 Å². The first kappa shape index (κ1) is 12.5. The molecule has 0 spiro atoms. The number of pyridine rings is 1. The summed E-state index contributed by atoms with van der Waals surface area (Å²) in [5.74, 6) is 0.627. The van der Waals surface area contributed by atoms with Crippen molar-refractivity contribution in [2.24, 2.45) is 0 Å². The summed E-state index contributed by atoms with van der Waals surface area (Å²) in [6, 6.07) is 6.95. The van der Waals surface area contributed by atoms with Gasteiger partial charge in [-0.3, -0.25) is 0 Å². The van der Waals surface area contributed by atoms with Gasteiger partial charge in [-0.15, -0.1) is 0 Å². The lowest BCUT2D eigenvalue weighted by atomic mass is 10.3. The van der Waals surface area contributed by atoms with Crippen molar-refractivity contribution in [3.05, 3.63) is 45.0 Å². The Bertz CT molecular complexity index is 560. The average Bonchev–Trinajstić information content (AvgIpc) is 2.27. The van der Waals surface area contributed by atoms with Crippen molar-refractivity contribution in [3.8, 4) is 0 Å². The molecule has 6 heteroatoms. The van der Waals surface area contributed by atoms with E-state index in [1.165, 1.54) is 0 Å². The normalized spacial score (nSPS) is 10.3. The number of benzene rings is 1. The second-order valence-corrected chi connectivity index (χ2v) is 5.05. The molecule has 1 aromatic carbocycles. The summed E-state index contributed by atoms with van der Waals surface area (Å²) in [6.07, 6.45) is 1.55. The number of nitrogens with one attached hydrogen (secondary N) is 1. The van der Waals surface area contributed by atoms with Crippen molar-refractivity contribution in [1.29, 1.82) is 0 Å². The summed E-state index contributed by atoms with van der Waals surface area (Å²) in [4.78, 5) is 4.15. The van der Waals surface area contributed by atoms with Crippen LogP contribution in [0.5, 0.6) is 0 Å². The standard InChI is InChI=1S/C11H8BrCl2N3/c12-8-3-6(13)5-16-11(8)17-10-4-7(15)1-2-9(10)14/h1-5H,15H2,(H,16,17). The van der Waals surface area contributed by atoms with Crippen LogP contribution in [0.15, 0.2) is 34.9 Å². The third kappa shape index (κ3) is 3.03. The van der Waals surface area contributed by atoms with Gasteiger partial charge in [-0.25, -0.2) is 4.98 Å². The SMILES string of the molecule is Nc1ccc(Cl)c(Nc2ncc(Cl)cc2Br)c1. The minimum atomic E-state index is 0.557. The molecule has 0 unspecified atom stereocenters. The number of aromatic nitrogens is 1. The second-order valence-electron chi connectivity index (χ2n) is 3.35. The number of hydrogen-bond acceptors (Lipinski definition) is 3. The van der Waals surface area contributed by atoms with Crippen LogP contribution in [0, 0.1) is 0 Å². The van der Waals surface area contributed by atoms with Gasteiger partial charge in [0.25, 0.3) is 0 Å². The number of halogens is 3. The molecule has 2 aromatic rings. The Labute approximate surface area is 117 Å². The predicted molar refractivity (Wildman–Crippen MR) is 76.1 cm³/mol. The maximum atomic E-state index is 6.04. The molecule has 1 heterocycles. The van der Waals surface area contributed by atoms with Gasteiger partial charge in [0, 0.05) is 11.9 Å². The van der Waals surface area contributed by atoms with E-state index in [0.29, 0.717) is 27.2 Å². The summed E-state index contributed by atoms with van der Waals surface area (Å²) in [7, 11) is 0. The topological polar surface area (TPSA) is 50.9 Å². The first-order valence-corrected chi connectivity index (χ1v) is 6.24. The highest BCUT2D eigenvalue weighted by Gasteiger charge is 2.06. The second kappa shape index (κ2) is 5.12. The number of anilines is 3. The first-order chi connectivity index (χ1) is 8.06. The summed E-state index contributed by atoms with van der Waals surface area (Å²) >= 11 is 15.2. The minimum absolute atomic E-state index is 0.557. The lowest BCUT2D eigenvalue weighted by Crippen LogP contribution is -1.96. The zero-order valence-corrected chi connectivity index (χ0v) is 11.6. The molecule has 1 aromatic heterocycles. The van der Waals surface area contributed by atoms with Crippen LogP contribution in [-0.4, -0.2) is 4.98 Å². The molecule has 0 aliphatic rings. The van der Waals surface area contributed by atoms with E-state index >= 15 is 0 Å². The van der Waals surface area contributed by atoms with Crippen molar-refractivity contribution in [2.75, 3.05) is 11.1 Å². The number of hydrogen-bond donors (Lipinski definition) is 2. The predicted octanol–water partition coefficient (Wildman–Crippen LogP) is 4.48. The molecule has 0 bridgehead atoms. The Kier molecular flexibility index (Phi) is 3.76. The molecule has 0 aliphatic heterocycles. The third-order valence-corrected chi connectivity index (χ3v) is 3.19. The molecule has 0 aliphatic carbocycles. The average molecular weight is 333 g/mol. The van der Waals surface area contributed by atoms with Gasteiger partial charge in [0.05, 0.1) is 20.2 Å². The van der Waals surface area contributed by atoms with E-state index in [4.69, 9.17) is 28.9 Å².